The van der Waals surface area contributed by atoms with Crippen LogP contribution in [0.5, 0.6) is 11.5 Å². The third-order valence-corrected chi connectivity index (χ3v) is 5.29. The Morgan fingerprint density at radius 1 is 1.26 bits per heavy atom. The summed E-state index contributed by atoms with van der Waals surface area (Å²) in [4.78, 5) is 30.3. The van der Waals surface area contributed by atoms with Crippen LogP contribution in [0.1, 0.15) is 51.0 Å². The van der Waals surface area contributed by atoms with Crippen LogP contribution in [-0.2, 0) is 14.3 Å². The first-order valence-electron chi connectivity index (χ1n) is 9.47. The summed E-state index contributed by atoms with van der Waals surface area (Å²) in [5, 5.41) is 0. The second kappa shape index (κ2) is 7.18. The van der Waals surface area contributed by atoms with Crippen LogP contribution in [0.3, 0.4) is 0 Å². The molecular weight excluding hydrogens is 346 g/mol. The summed E-state index contributed by atoms with van der Waals surface area (Å²) in [6.07, 6.45) is 2.80. The molecule has 4 rings (SSSR count). The number of carbonyl (C=O) groups is 2. The highest BCUT2D eigenvalue weighted by atomic mass is 16.7. The minimum atomic E-state index is -0.599. The molecule has 0 saturated carbocycles. The molecule has 2 atom stereocenters. The minimum Gasteiger partial charge on any atom is -0.465 e. The minimum absolute atomic E-state index is 0.0726. The molecule has 0 radical (unpaired) electrons. The number of rotatable bonds is 4. The van der Waals surface area contributed by atoms with E-state index in [1.165, 1.54) is 0 Å². The first-order valence-corrected chi connectivity index (χ1v) is 9.47. The van der Waals surface area contributed by atoms with Gasteiger partial charge >= 0.3 is 5.97 Å². The third kappa shape index (κ3) is 3.13. The number of aliphatic imine (C=N–C) groups is 1. The van der Waals surface area contributed by atoms with Gasteiger partial charge in [-0.1, -0.05) is 13.0 Å². The molecule has 27 heavy (non-hydrogen) atoms. The van der Waals surface area contributed by atoms with Crippen molar-refractivity contribution in [1.82, 2.24) is 0 Å². The van der Waals surface area contributed by atoms with Gasteiger partial charge in [0.2, 0.25) is 6.79 Å². The van der Waals surface area contributed by atoms with Crippen molar-refractivity contribution >= 4 is 17.5 Å². The lowest BCUT2D eigenvalue weighted by Crippen LogP contribution is -2.37. The van der Waals surface area contributed by atoms with Crippen molar-refractivity contribution in [3.8, 4) is 11.5 Å². The van der Waals surface area contributed by atoms with E-state index in [0.717, 1.165) is 30.5 Å². The molecule has 1 aliphatic carbocycles. The van der Waals surface area contributed by atoms with E-state index in [9.17, 15) is 9.59 Å². The molecule has 2 aliphatic heterocycles. The van der Waals surface area contributed by atoms with E-state index in [2.05, 4.69) is 4.99 Å². The monoisotopic (exact) mass is 369 g/mol. The molecule has 6 nitrogen and oxygen atoms in total. The molecule has 1 unspecified atom stereocenters. The molecule has 0 saturated heterocycles. The number of ether oxygens (including phenoxy) is 3. The number of ketones is 1. The summed E-state index contributed by atoms with van der Waals surface area (Å²) in [5.74, 6) is 0.0593. The van der Waals surface area contributed by atoms with Crippen molar-refractivity contribution < 1.29 is 23.8 Å². The van der Waals surface area contributed by atoms with Crippen LogP contribution in [0.15, 0.2) is 34.5 Å². The SMILES string of the molecule is CCCOC(=O)C1C(C)=NC2=C(C(=O)CCC2)[C@@H]1c1ccc2c(c1)OCO2. The van der Waals surface area contributed by atoms with Crippen molar-refractivity contribution in [2.45, 2.75) is 45.4 Å². The van der Waals surface area contributed by atoms with Gasteiger partial charge in [0.25, 0.3) is 0 Å². The van der Waals surface area contributed by atoms with E-state index < -0.39 is 11.8 Å². The van der Waals surface area contributed by atoms with Crippen LogP contribution in [0.2, 0.25) is 0 Å². The molecule has 1 aromatic rings. The predicted molar refractivity (Wildman–Crippen MR) is 99.0 cm³/mol. The standard InChI is InChI=1S/C21H23NO5/c1-3-9-25-21(24)18-12(2)22-14-5-4-6-15(23)20(14)19(18)13-7-8-16-17(10-13)27-11-26-16/h7-8,10,18-19H,3-6,9,11H2,1-2H3/t18?,19-/m1/s1. The molecule has 1 aromatic carbocycles. The fourth-order valence-electron chi connectivity index (χ4n) is 4.07. The number of benzene rings is 1. The van der Waals surface area contributed by atoms with E-state index in [4.69, 9.17) is 14.2 Å². The molecule has 0 amide bonds. The van der Waals surface area contributed by atoms with Gasteiger partial charge in [0, 0.05) is 29.3 Å². The highest BCUT2D eigenvalue weighted by molar-refractivity contribution is 6.08. The van der Waals surface area contributed by atoms with Crippen molar-refractivity contribution in [2.75, 3.05) is 13.4 Å². The number of carbonyl (C=O) groups excluding carboxylic acids is 2. The van der Waals surface area contributed by atoms with Gasteiger partial charge in [-0.05, 0) is 43.9 Å². The summed E-state index contributed by atoms with van der Waals surface area (Å²) in [5.41, 5.74) is 3.03. The molecule has 3 aliphatic rings. The zero-order valence-corrected chi connectivity index (χ0v) is 15.6. The molecule has 0 fully saturated rings. The van der Waals surface area contributed by atoms with Gasteiger partial charge in [-0.3, -0.25) is 14.6 Å². The molecule has 0 bridgehead atoms. The lowest BCUT2D eigenvalue weighted by atomic mass is 9.71. The molecular formula is C21H23NO5. The lowest BCUT2D eigenvalue weighted by molar-refractivity contribution is -0.146. The first-order chi connectivity index (χ1) is 13.1. The normalized spacial score (nSPS) is 23.8. The number of allylic oxidation sites excluding steroid dienone is 2. The number of fused-ring (bicyclic) bond motifs is 1. The van der Waals surface area contributed by atoms with E-state index in [1.54, 1.807) is 0 Å². The highest BCUT2D eigenvalue weighted by Crippen LogP contribution is 2.45. The Kier molecular flexibility index (Phi) is 4.72. The average molecular weight is 369 g/mol. The topological polar surface area (TPSA) is 74.2 Å². The van der Waals surface area contributed by atoms with Crippen LogP contribution in [0, 0.1) is 5.92 Å². The average Bonchev–Trinajstić information content (AvgIpc) is 3.13. The number of hydrogen-bond donors (Lipinski definition) is 0. The largest absolute Gasteiger partial charge is 0.465 e. The molecule has 0 spiro atoms. The maximum absolute atomic E-state index is 12.9. The van der Waals surface area contributed by atoms with Gasteiger partial charge in [-0.2, -0.15) is 0 Å². The predicted octanol–water partition coefficient (Wildman–Crippen LogP) is 3.55. The zero-order chi connectivity index (χ0) is 19.0. The van der Waals surface area contributed by atoms with Crippen LogP contribution in [-0.4, -0.2) is 30.9 Å². The Hall–Kier alpha value is -2.63. The number of hydrogen-bond acceptors (Lipinski definition) is 6. The van der Waals surface area contributed by atoms with Gasteiger partial charge < -0.3 is 14.2 Å². The smallest absolute Gasteiger partial charge is 0.315 e. The van der Waals surface area contributed by atoms with Gasteiger partial charge in [0.1, 0.15) is 5.92 Å². The Morgan fingerprint density at radius 2 is 2.07 bits per heavy atom. The van der Waals surface area contributed by atoms with Crippen molar-refractivity contribution in [1.29, 1.82) is 0 Å². The Morgan fingerprint density at radius 3 is 2.89 bits per heavy atom. The zero-order valence-electron chi connectivity index (χ0n) is 15.6. The van der Waals surface area contributed by atoms with E-state index in [0.29, 0.717) is 35.8 Å². The molecule has 6 heteroatoms. The number of Topliss-reactive ketones (excluding diaryl/α,β-unsaturated/α-hetero) is 1. The fourth-order valence-corrected chi connectivity index (χ4v) is 4.07. The van der Waals surface area contributed by atoms with E-state index >= 15 is 0 Å². The van der Waals surface area contributed by atoms with Gasteiger partial charge in [0.05, 0.1) is 6.61 Å². The Balaban J connectivity index is 1.81. The van der Waals surface area contributed by atoms with Crippen LogP contribution in [0.4, 0.5) is 0 Å². The summed E-state index contributed by atoms with van der Waals surface area (Å²) in [6, 6.07) is 5.61. The fraction of sp³-hybridized carbons (Fsp3) is 0.476. The molecule has 2 heterocycles. The van der Waals surface area contributed by atoms with Crippen molar-refractivity contribution in [3.05, 3.63) is 35.0 Å². The summed E-state index contributed by atoms with van der Waals surface area (Å²) < 4.78 is 16.4. The van der Waals surface area contributed by atoms with Gasteiger partial charge in [-0.15, -0.1) is 0 Å². The van der Waals surface area contributed by atoms with Crippen molar-refractivity contribution in [3.63, 3.8) is 0 Å². The second-order valence-electron chi connectivity index (χ2n) is 7.13. The van der Waals surface area contributed by atoms with Crippen molar-refractivity contribution in [2.24, 2.45) is 10.9 Å². The maximum Gasteiger partial charge on any atom is 0.315 e. The molecule has 0 N–H and O–H groups in total. The maximum atomic E-state index is 12.9. The highest BCUT2D eigenvalue weighted by Gasteiger charge is 2.43. The Bertz CT molecular complexity index is 854. The third-order valence-electron chi connectivity index (χ3n) is 5.29. The molecule has 142 valence electrons. The van der Waals surface area contributed by atoms with E-state index in [-0.39, 0.29) is 18.5 Å². The Labute approximate surface area is 158 Å². The van der Waals surface area contributed by atoms with Gasteiger partial charge in [-0.25, -0.2) is 0 Å². The van der Waals surface area contributed by atoms with Crippen LogP contribution < -0.4 is 9.47 Å². The van der Waals surface area contributed by atoms with E-state index in [1.807, 2.05) is 32.0 Å². The molecule has 0 aromatic heterocycles. The van der Waals surface area contributed by atoms with Crippen LogP contribution >= 0.6 is 0 Å². The summed E-state index contributed by atoms with van der Waals surface area (Å²) >= 11 is 0. The second-order valence-corrected chi connectivity index (χ2v) is 7.13. The van der Waals surface area contributed by atoms with Crippen LogP contribution in [0.25, 0.3) is 0 Å². The number of esters is 1. The quantitative estimate of drug-likeness (QED) is 0.759. The van der Waals surface area contributed by atoms with Gasteiger partial charge in [0.15, 0.2) is 17.3 Å². The summed E-state index contributed by atoms with van der Waals surface area (Å²) in [6.45, 7) is 4.34. The number of nitrogens with zero attached hydrogens (tertiary/aromatic N) is 1. The first kappa shape index (κ1) is 17.8. The summed E-state index contributed by atoms with van der Waals surface area (Å²) in [7, 11) is 0. The lowest BCUT2D eigenvalue weighted by Gasteiger charge is -2.34.